The standard InChI is InChI=1S/C35H39N9O3/c1-5-36-31-18-27(12-14-42(31)4)47-29-10-8-24(17-23(29)2)39-34-33-28(37-22-38-34)19-30-35(40-33)43-15-16-44(26(20-43)21-46-30)32(45)11-9-25-7-6-13-41(25)3/h5,8-12,14,17-19,22,25-26H,1,6-7,13,15-16,20-21H2,2-4H3,(H,37,38,39)/b11-9+,36-31?. The highest BCUT2D eigenvalue weighted by atomic mass is 16.5. The molecule has 2 bridgehead atoms. The van der Waals surface area contributed by atoms with Gasteiger partial charge in [0, 0.05) is 69.0 Å². The van der Waals surface area contributed by atoms with Crippen LogP contribution in [0.1, 0.15) is 18.4 Å². The van der Waals surface area contributed by atoms with Crippen molar-refractivity contribution in [3.05, 3.63) is 84.9 Å². The summed E-state index contributed by atoms with van der Waals surface area (Å²) in [6.07, 6.45) is 11.0. The molecule has 0 spiro atoms. The van der Waals surface area contributed by atoms with E-state index in [0.29, 0.717) is 60.6 Å². The molecule has 2 fully saturated rings. The van der Waals surface area contributed by atoms with Crippen molar-refractivity contribution in [3.8, 4) is 17.2 Å². The van der Waals surface area contributed by atoms with E-state index >= 15 is 0 Å². The van der Waals surface area contributed by atoms with Crippen LogP contribution in [-0.2, 0) is 11.8 Å². The zero-order valence-corrected chi connectivity index (χ0v) is 27.0. The second-order valence-corrected chi connectivity index (χ2v) is 12.2. The number of amides is 1. The number of likely N-dealkylation sites (tertiary alicyclic amines) is 1. The molecule has 6 heterocycles. The number of carbonyl (C=O) groups is 1. The van der Waals surface area contributed by atoms with Crippen LogP contribution in [0.25, 0.3) is 11.0 Å². The second kappa shape index (κ2) is 12.9. The number of aryl methyl sites for hydroxylation is 2. The van der Waals surface area contributed by atoms with Crippen LogP contribution in [0.15, 0.2) is 78.8 Å². The SMILES string of the molecule is C=CN=c1cc(Oc2ccc(Nc3ncnc4cc5c(nc34)N3CCN(C(=O)/C=C/C4CCCN4C)C(CO5)C3)cc2C)ccn1C. The molecular weight excluding hydrogens is 594 g/mol. The molecule has 3 aliphatic heterocycles. The highest BCUT2D eigenvalue weighted by Crippen LogP contribution is 2.36. The maximum atomic E-state index is 13.2. The largest absolute Gasteiger partial charge is 0.487 e. The van der Waals surface area contributed by atoms with Crippen molar-refractivity contribution in [2.45, 2.75) is 31.8 Å². The van der Waals surface area contributed by atoms with Gasteiger partial charge in [-0.3, -0.25) is 9.69 Å². The molecule has 0 aliphatic carbocycles. The van der Waals surface area contributed by atoms with E-state index in [0.717, 1.165) is 41.3 Å². The molecule has 1 aromatic carbocycles. The van der Waals surface area contributed by atoms with Crippen LogP contribution in [0.3, 0.4) is 0 Å². The Labute approximate surface area is 273 Å². The number of carbonyl (C=O) groups excluding carboxylic acids is 1. The van der Waals surface area contributed by atoms with Crippen LogP contribution in [0.2, 0.25) is 0 Å². The van der Waals surface area contributed by atoms with Gasteiger partial charge in [0.2, 0.25) is 5.91 Å². The van der Waals surface area contributed by atoms with Gasteiger partial charge in [0.05, 0.1) is 11.6 Å². The molecule has 1 N–H and O–H groups in total. The van der Waals surface area contributed by atoms with E-state index in [2.05, 4.69) is 49.8 Å². The number of nitrogens with one attached hydrogen (secondary N) is 1. The minimum absolute atomic E-state index is 0.0394. The molecule has 12 nitrogen and oxygen atoms in total. The third-order valence-corrected chi connectivity index (χ3v) is 9.08. The average Bonchev–Trinajstić information content (AvgIpc) is 3.43. The van der Waals surface area contributed by atoms with Crippen molar-refractivity contribution >= 4 is 34.3 Å². The summed E-state index contributed by atoms with van der Waals surface area (Å²) in [7, 11) is 4.03. The molecule has 3 aromatic heterocycles. The zero-order chi connectivity index (χ0) is 32.5. The molecule has 12 heteroatoms. The number of pyridine rings is 2. The van der Waals surface area contributed by atoms with Crippen molar-refractivity contribution < 1.29 is 14.3 Å². The lowest BCUT2D eigenvalue weighted by atomic mass is 10.1. The smallest absolute Gasteiger partial charge is 0.246 e. The van der Waals surface area contributed by atoms with E-state index in [9.17, 15) is 4.79 Å². The summed E-state index contributed by atoms with van der Waals surface area (Å²) in [6.45, 7) is 9.07. The lowest BCUT2D eigenvalue weighted by Gasteiger charge is -2.39. The van der Waals surface area contributed by atoms with E-state index in [1.165, 1.54) is 18.9 Å². The highest BCUT2D eigenvalue weighted by Gasteiger charge is 2.35. The second-order valence-electron chi connectivity index (χ2n) is 12.2. The molecule has 1 amide bonds. The number of aromatic nitrogens is 4. The molecule has 2 atom stereocenters. The molecule has 3 aliphatic rings. The van der Waals surface area contributed by atoms with Crippen molar-refractivity contribution in [1.82, 2.24) is 29.3 Å². The first-order valence-corrected chi connectivity index (χ1v) is 16.0. The van der Waals surface area contributed by atoms with Crippen LogP contribution in [0, 0.1) is 6.92 Å². The number of rotatable bonds is 7. The van der Waals surface area contributed by atoms with E-state index in [1.807, 2.05) is 66.0 Å². The third kappa shape index (κ3) is 6.28. The predicted octanol–water partition coefficient (Wildman–Crippen LogP) is 4.31. The summed E-state index contributed by atoms with van der Waals surface area (Å²) in [5.74, 6) is 3.45. The van der Waals surface area contributed by atoms with Crippen LogP contribution in [0.4, 0.5) is 17.3 Å². The van der Waals surface area contributed by atoms with E-state index in [1.54, 1.807) is 6.08 Å². The molecule has 2 saturated heterocycles. The Morgan fingerprint density at radius 3 is 2.85 bits per heavy atom. The molecule has 0 saturated carbocycles. The Morgan fingerprint density at radius 1 is 1.15 bits per heavy atom. The summed E-state index contributed by atoms with van der Waals surface area (Å²) < 4.78 is 14.3. The van der Waals surface area contributed by atoms with Gasteiger partial charge in [-0.2, -0.15) is 0 Å². The first kappa shape index (κ1) is 30.4. The van der Waals surface area contributed by atoms with E-state index < -0.39 is 0 Å². The van der Waals surface area contributed by atoms with Gasteiger partial charge in [-0.15, -0.1) is 0 Å². The fourth-order valence-electron chi connectivity index (χ4n) is 6.45. The molecule has 2 unspecified atom stereocenters. The van der Waals surface area contributed by atoms with Crippen LogP contribution >= 0.6 is 0 Å². The minimum atomic E-state index is -0.0754. The Kier molecular flexibility index (Phi) is 8.33. The Balaban J connectivity index is 1.09. The van der Waals surface area contributed by atoms with Crippen LogP contribution < -0.4 is 25.2 Å². The van der Waals surface area contributed by atoms with Crippen molar-refractivity contribution in [2.24, 2.45) is 12.0 Å². The number of nitrogens with zero attached hydrogens (tertiary/aromatic N) is 8. The number of anilines is 3. The van der Waals surface area contributed by atoms with Gasteiger partial charge in [0.15, 0.2) is 17.4 Å². The van der Waals surface area contributed by atoms with Gasteiger partial charge in [-0.1, -0.05) is 12.7 Å². The topological polar surface area (TPSA) is 113 Å². The van der Waals surface area contributed by atoms with Crippen LogP contribution in [0.5, 0.6) is 17.2 Å². The highest BCUT2D eigenvalue weighted by molar-refractivity contribution is 5.90. The maximum Gasteiger partial charge on any atom is 0.246 e. The summed E-state index contributed by atoms with van der Waals surface area (Å²) in [6, 6.07) is 11.8. The van der Waals surface area contributed by atoms with Gasteiger partial charge in [0.25, 0.3) is 0 Å². The van der Waals surface area contributed by atoms with Crippen molar-refractivity contribution in [2.75, 3.05) is 50.1 Å². The lowest BCUT2D eigenvalue weighted by Crippen LogP contribution is -2.56. The summed E-state index contributed by atoms with van der Waals surface area (Å²) in [5, 5.41) is 3.43. The Bertz CT molecular complexity index is 1940. The van der Waals surface area contributed by atoms with Crippen molar-refractivity contribution in [3.63, 3.8) is 0 Å². The van der Waals surface area contributed by atoms with Gasteiger partial charge >= 0.3 is 0 Å². The normalized spacial score (nSPS) is 19.9. The minimum Gasteiger partial charge on any atom is -0.487 e. The number of benzene rings is 1. The van der Waals surface area contributed by atoms with Gasteiger partial charge in [0.1, 0.15) is 35.4 Å². The third-order valence-electron chi connectivity index (χ3n) is 9.08. The first-order chi connectivity index (χ1) is 22.9. The number of piperazine rings is 1. The number of ether oxygens (including phenoxy) is 2. The number of hydrogen-bond donors (Lipinski definition) is 1. The summed E-state index contributed by atoms with van der Waals surface area (Å²) in [5.41, 5.74) is 3.84. The zero-order valence-electron chi connectivity index (χ0n) is 27.0. The molecule has 242 valence electrons. The Morgan fingerprint density at radius 2 is 2.04 bits per heavy atom. The van der Waals surface area contributed by atoms with Gasteiger partial charge in [-0.25, -0.2) is 19.9 Å². The Hall–Kier alpha value is -5.23. The summed E-state index contributed by atoms with van der Waals surface area (Å²) >= 11 is 0. The molecule has 4 aromatic rings. The van der Waals surface area contributed by atoms with Gasteiger partial charge in [-0.05, 0) is 63.2 Å². The first-order valence-electron chi connectivity index (χ1n) is 16.0. The van der Waals surface area contributed by atoms with Crippen molar-refractivity contribution in [1.29, 1.82) is 0 Å². The van der Waals surface area contributed by atoms with Crippen LogP contribution in [-0.4, -0.2) is 87.1 Å². The summed E-state index contributed by atoms with van der Waals surface area (Å²) in [4.78, 5) is 38.0. The monoisotopic (exact) mass is 633 g/mol. The van der Waals surface area contributed by atoms with E-state index in [-0.39, 0.29) is 11.9 Å². The molecular formula is C35H39N9O3. The fraction of sp³-hybridized carbons (Fsp3) is 0.343. The number of likely N-dealkylation sites (N-methyl/N-ethyl adjacent to an activating group) is 1. The average molecular weight is 634 g/mol. The maximum absolute atomic E-state index is 13.2. The molecule has 7 rings (SSSR count). The predicted molar refractivity (Wildman–Crippen MR) is 181 cm³/mol. The number of fused-ring (bicyclic) bond motifs is 5. The van der Waals surface area contributed by atoms with E-state index in [4.69, 9.17) is 14.5 Å². The fourth-order valence-corrected chi connectivity index (χ4v) is 6.45. The quantitative estimate of drug-likeness (QED) is 0.298. The molecule has 0 radical (unpaired) electrons. The molecule has 47 heavy (non-hydrogen) atoms. The van der Waals surface area contributed by atoms with Gasteiger partial charge < -0.3 is 29.2 Å². The lowest BCUT2D eigenvalue weighted by molar-refractivity contribution is -0.129. The number of hydrogen-bond acceptors (Lipinski definition) is 10.